The highest BCUT2D eigenvalue weighted by molar-refractivity contribution is 7.99. The van der Waals surface area contributed by atoms with E-state index in [1.54, 1.807) is 18.7 Å². The molecule has 1 aliphatic rings. The molecule has 5 nitrogen and oxygen atoms in total. The van der Waals surface area contributed by atoms with Gasteiger partial charge in [-0.25, -0.2) is 0 Å². The topological polar surface area (TPSA) is 68.0 Å². The number of halogens is 1. The number of aryl methyl sites for hydroxylation is 1. The van der Waals surface area contributed by atoms with Crippen molar-refractivity contribution in [3.8, 4) is 0 Å². The minimum atomic E-state index is -0.463. The van der Waals surface area contributed by atoms with Gasteiger partial charge in [-0.2, -0.15) is 4.98 Å². The van der Waals surface area contributed by atoms with Crippen LogP contribution in [0.15, 0.2) is 28.8 Å². The Bertz CT molecular complexity index is 696. The highest BCUT2D eigenvalue weighted by Gasteiger charge is 2.41. The van der Waals surface area contributed by atoms with Gasteiger partial charge >= 0.3 is 0 Å². The second-order valence-corrected chi connectivity index (χ2v) is 7.52. The van der Waals surface area contributed by atoms with Crippen LogP contribution in [-0.4, -0.2) is 21.8 Å². The van der Waals surface area contributed by atoms with Gasteiger partial charge in [0.25, 0.3) is 0 Å². The zero-order valence-corrected chi connectivity index (χ0v) is 15.1. The standard InChI is InChI=1S/C17H20ClN3O2S/c1-12-19-16(21-23-12)17(8-2-3-9-17)20-15(22)11-24-10-13-4-6-14(18)7-5-13/h4-7H,2-3,8-11H2,1H3,(H,20,22). The Hall–Kier alpha value is -1.53. The summed E-state index contributed by atoms with van der Waals surface area (Å²) in [5.41, 5.74) is 0.692. The van der Waals surface area contributed by atoms with E-state index in [0.29, 0.717) is 17.5 Å². The van der Waals surface area contributed by atoms with E-state index in [4.69, 9.17) is 16.1 Å². The third kappa shape index (κ3) is 4.11. The lowest BCUT2D eigenvalue weighted by atomic mass is 9.96. The van der Waals surface area contributed by atoms with Gasteiger partial charge < -0.3 is 9.84 Å². The molecule has 7 heteroatoms. The number of carbonyl (C=O) groups excluding carboxylic acids is 1. The van der Waals surface area contributed by atoms with Gasteiger partial charge in [-0.1, -0.05) is 41.7 Å². The Morgan fingerprint density at radius 2 is 2.04 bits per heavy atom. The number of amides is 1. The quantitative estimate of drug-likeness (QED) is 0.842. The largest absolute Gasteiger partial charge is 0.343 e. The van der Waals surface area contributed by atoms with Crippen LogP contribution in [0.5, 0.6) is 0 Å². The fraction of sp³-hybridized carbons (Fsp3) is 0.471. The van der Waals surface area contributed by atoms with Crippen LogP contribution in [0.25, 0.3) is 0 Å². The van der Waals surface area contributed by atoms with Crippen molar-refractivity contribution in [3.05, 3.63) is 46.6 Å². The zero-order valence-electron chi connectivity index (χ0n) is 13.5. The summed E-state index contributed by atoms with van der Waals surface area (Å²) in [5.74, 6) is 2.33. The van der Waals surface area contributed by atoms with Crippen molar-refractivity contribution in [2.24, 2.45) is 0 Å². The highest BCUT2D eigenvalue weighted by Crippen LogP contribution is 2.37. The summed E-state index contributed by atoms with van der Waals surface area (Å²) < 4.78 is 5.10. The molecule has 0 spiro atoms. The first-order valence-electron chi connectivity index (χ1n) is 8.01. The molecule has 0 atom stereocenters. The first kappa shape index (κ1) is 17.3. The number of benzene rings is 1. The molecule has 1 heterocycles. The van der Waals surface area contributed by atoms with Crippen LogP contribution in [0.3, 0.4) is 0 Å². The van der Waals surface area contributed by atoms with Crippen molar-refractivity contribution in [2.75, 3.05) is 5.75 Å². The third-order valence-corrected chi connectivity index (χ3v) is 5.46. The summed E-state index contributed by atoms with van der Waals surface area (Å²) >= 11 is 7.46. The predicted octanol–water partition coefficient (Wildman–Crippen LogP) is 3.85. The van der Waals surface area contributed by atoms with Gasteiger partial charge in [0.15, 0.2) is 5.82 Å². The molecule has 0 unspecified atom stereocenters. The van der Waals surface area contributed by atoms with E-state index >= 15 is 0 Å². The second kappa shape index (κ2) is 7.57. The fourth-order valence-corrected chi connectivity index (χ4v) is 3.94. The van der Waals surface area contributed by atoms with E-state index < -0.39 is 5.54 Å². The average Bonchev–Trinajstić information content (AvgIpc) is 3.19. The van der Waals surface area contributed by atoms with Crippen molar-refractivity contribution in [1.29, 1.82) is 0 Å². The summed E-state index contributed by atoms with van der Waals surface area (Å²) in [5, 5.41) is 7.91. The lowest BCUT2D eigenvalue weighted by Crippen LogP contribution is -2.45. The number of carbonyl (C=O) groups is 1. The summed E-state index contributed by atoms with van der Waals surface area (Å²) in [6, 6.07) is 7.69. The third-order valence-electron chi connectivity index (χ3n) is 4.21. The molecule has 2 aromatic rings. The Morgan fingerprint density at radius 3 is 2.67 bits per heavy atom. The van der Waals surface area contributed by atoms with E-state index in [2.05, 4.69) is 15.5 Å². The number of nitrogens with zero attached hydrogens (tertiary/aromatic N) is 2. The van der Waals surface area contributed by atoms with Crippen LogP contribution in [0.1, 0.15) is 43.0 Å². The first-order valence-corrected chi connectivity index (χ1v) is 9.55. The normalized spacial score (nSPS) is 16.2. The number of hydrogen-bond donors (Lipinski definition) is 1. The minimum absolute atomic E-state index is 0.0123. The molecule has 1 aliphatic carbocycles. The number of aromatic nitrogens is 2. The smallest absolute Gasteiger partial charge is 0.230 e. The van der Waals surface area contributed by atoms with Crippen LogP contribution in [0.2, 0.25) is 5.02 Å². The molecule has 24 heavy (non-hydrogen) atoms. The van der Waals surface area contributed by atoms with Crippen molar-refractivity contribution in [2.45, 2.75) is 43.9 Å². The fourth-order valence-electron chi connectivity index (χ4n) is 3.02. The SMILES string of the molecule is Cc1nc(C2(NC(=O)CSCc3ccc(Cl)cc3)CCCC2)no1. The molecule has 1 fully saturated rings. The van der Waals surface area contributed by atoms with Crippen molar-refractivity contribution < 1.29 is 9.32 Å². The summed E-state index contributed by atoms with van der Waals surface area (Å²) in [4.78, 5) is 16.7. The molecule has 128 valence electrons. The van der Waals surface area contributed by atoms with Gasteiger partial charge in [0, 0.05) is 17.7 Å². The molecule has 0 saturated heterocycles. The Morgan fingerprint density at radius 1 is 1.33 bits per heavy atom. The monoisotopic (exact) mass is 365 g/mol. The minimum Gasteiger partial charge on any atom is -0.343 e. The summed E-state index contributed by atoms with van der Waals surface area (Å²) in [7, 11) is 0. The molecule has 1 aromatic carbocycles. The maximum absolute atomic E-state index is 12.4. The lowest BCUT2D eigenvalue weighted by molar-refractivity contribution is -0.120. The van der Waals surface area contributed by atoms with E-state index in [-0.39, 0.29) is 5.91 Å². The van der Waals surface area contributed by atoms with Gasteiger partial charge in [-0.15, -0.1) is 11.8 Å². The van der Waals surface area contributed by atoms with E-state index in [1.165, 1.54) is 0 Å². The second-order valence-electron chi connectivity index (χ2n) is 6.09. The lowest BCUT2D eigenvalue weighted by Gasteiger charge is -2.26. The predicted molar refractivity (Wildman–Crippen MR) is 94.9 cm³/mol. The van der Waals surface area contributed by atoms with E-state index in [0.717, 1.165) is 42.0 Å². The van der Waals surface area contributed by atoms with Gasteiger partial charge in [-0.05, 0) is 30.5 Å². The van der Waals surface area contributed by atoms with Crippen LogP contribution >= 0.6 is 23.4 Å². The number of rotatable bonds is 6. The molecule has 1 aromatic heterocycles. The maximum Gasteiger partial charge on any atom is 0.230 e. The van der Waals surface area contributed by atoms with E-state index in [1.807, 2.05) is 24.3 Å². The van der Waals surface area contributed by atoms with E-state index in [9.17, 15) is 4.79 Å². The number of hydrogen-bond acceptors (Lipinski definition) is 5. The molecule has 3 rings (SSSR count). The zero-order chi connectivity index (χ0) is 17.0. The van der Waals surface area contributed by atoms with Crippen molar-refractivity contribution in [3.63, 3.8) is 0 Å². The van der Waals surface area contributed by atoms with Gasteiger partial charge in [0.05, 0.1) is 5.75 Å². The molecule has 0 aliphatic heterocycles. The number of thioether (sulfide) groups is 1. The van der Waals surface area contributed by atoms with Gasteiger partial charge in [0.2, 0.25) is 11.8 Å². The van der Waals surface area contributed by atoms with Crippen LogP contribution in [0, 0.1) is 6.92 Å². The molecule has 1 N–H and O–H groups in total. The van der Waals surface area contributed by atoms with Gasteiger partial charge in [0.1, 0.15) is 5.54 Å². The average molecular weight is 366 g/mol. The maximum atomic E-state index is 12.4. The van der Waals surface area contributed by atoms with Crippen LogP contribution in [-0.2, 0) is 16.1 Å². The summed E-state index contributed by atoms with van der Waals surface area (Å²) in [6.45, 7) is 1.77. The van der Waals surface area contributed by atoms with Crippen LogP contribution < -0.4 is 5.32 Å². The van der Waals surface area contributed by atoms with Gasteiger partial charge in [-0.3, -0.25) is 4.79 Å². The van der Waals surface area contributed by atoms with Crippen molar-refractivity contribution in [1.82, 2.24) is 15.5 Å². The first-order chi connectivity index (χ1) is 11.6. The Balaban J connectivity index is 1.55. The molecule has 0 radical (unpaired) electrons. The molecular formula is C17H20ClN3O2S. The number of nitrogens with one attached hydrogen (secondary N) is 1. The van der Waals surface area contributed by atoms with Crippen molar-refractivity contribution >= 4 is 29.3 Å². The Kier molecular flexibility index (Phi) is 5.46. The Labute approximate surface area is 150 Å². The molecular weight excluding hydrogens is 346 g/mol. The molecule has 1 amide bonds. The molecule has 1 saturated carbocycles. The summed E-state index contributed by atoms with van der Waals surface area (Å²) in [6.07, 6.45) is 3.84. The highest BCUT2D eigenvalue weighted by atomic mass is 35.5. The van der Waals surface area contributed by atoms with Crippen LogP contribution in [0.4, 0.5) is 0 Å². The molecule has 0 bridgehead atoms.